The number of carbonyl (C=O) groups excluding carboxylic acids is 2. The number of amides is 1. The Balaban J connectivity index is 1.35. The van der Waals surface area contributed by atoms with E-state index in [0.29, 0.717) is 67.3 Å². The van der Waals surface area contributed by atoms with Crippen molar-refractivity contribution in [3.8, 4) is 11.5 Å². The van der Waals surface area contributed by atoms with Crippen molar-refractivity contribution in [2.24, 2.45) is 11.8 Å². The molecule has 0 saturated carbocycles. The van der Waals surface area contributed by atoms with Gasteiger partial charge in [-0.15, -0.1) is 0 Å². The topological polar surface area (TPSA) is 73.7 Å². The second-order valence-electron chi connectivity index (χ2n) is 9.02. The van der Waals surface area contributed by atoms with E-state index in [-0.39, 0.29) is 17.6 Å². The van der Waals surface area contributed by atoms with Crippen LogP contribution in [0.15, 0.2) is 24.3 Å². The predicted octanol–water partition coefficient (Wildman–Crippen LogP) is 4.41. The van der Waals surface area contributed by atoms with Gasteiger partial charge in [0.25, 0.3) is 0 Å². The van der Waals surface area contributed by atoms with Crippen molar-refractivity contribution < 1.29 is 19.1 Å². The fourth-order valence-electron chi connectivity index (χ4n) is 4.28. The normalized spacial score (nSPS) is 16.6. The molecule has 2 aliphatic rings. The van der Waals surface area contributed by atoms with Crippen molar-refractivity contribution in [1.82, 2.24) is 14.7 Å². The molecule has 0 aliphatic carbocycles. The number of aryl methyl sites for hydroxylation is 1. The molecule has 0 radical (unpaired) electrons. The van der Waals surface area contributed by atoms with Gasteiger partial charge in [0, 0.05) is 42.8 Å². The molecule has 1 aromatic heterocycles. The summed E-state index contributed by atoms with van der Waals surface area (Å²) in [5, 5.41) is 5.03. The van der Waals surface area contributed by atoms with E-state index in [1.54, 1.807) is 39.9 Å². The Morgan fingerprint density at radius 1 is 1.18 bits per heavy atom. The first-order valence-corrected chi connectivity index (χ1v) is 11.8. The van der Waals surface area contributed by atoms with E-state index in [9.17, 15) is 9.59 Å². The van der Waals surface area contributed by atoms with Gasteiger partial charge in [0.2, 0.25) is 5.91 Å². The maximum Gasteiger partial charge on any atom is 0.246 e. The second-order valence-corrected chi connectivity index (χ2v) is 9.38. The Morgan fingerprint density at radius 2 is 1.88 bits per heavy atom. The van der Waals surface area contributed by atoms with Gasteiger partial charge in [0.1, 0.15) is 18.4 Å². The first-order valence-electron chi connectivity index (χ1n) is 11.5. The van der Waals surface area contributed by atoms with Gasteiger partial charge < -0.3 is 14.4 Å². The maximum atomic E-state index is 13.0. The fraction of sp³-hybridized carbons (Fsp3) is 0.480. The van der Waals surface area contributed by atoms with Gasteiger partial charge in [-0.1, -0.05) is 25.4 Å². The van der Waals surface area contributed by atoms with Crippen molar-refractivity contribution in [1.29, 1.82) is 0 Å². The number of benzene rings is 1. The van der Waals surface area contributed by atoms with Crippen LogP contribution in [0.3, 0.4) is 0 Å². The third-order valence-electron chi connectivity index (χ3n) is 6.04. The third kappa shape index (κ3) is 5.24. The Labute approximate surface area is 199 Å². The highest BCUT2D eigenvalue weighted by atomic mass is 35.5. The molecule has 1 amide bonds. The molecule has 1 fully saturated rings. The first kappa shape index (κ1) is 23.4. The molecule has 1 aromatic carbocycles. The molecule has 2 aromatic rings. The Kier molecular flexibility index (Phi) is 7.08. The molecular formula is C25H30ClN3O4. The number of halogens is 1. The molecule has 0 bridgehead atoms. The Bertz CT molecular complexity index is 1070. The molecule has 8 heteroatoms. The number of aromatic nitrogens is 2. The van der Waals surface area contributed by atoms with E-state index in [1.165, 1.54) is 0 Å². The number of hydrogen-bond donors (Lipinski definition) is 0. The lowest BCUT2D eigenvalue weighted by Crippen LogP contribution is -2.39. The van der Waals surface area contributed by atoms with E-state index < -0.39 is 0 Å². The molecule has 0 N–H and O–H groups in total. The molecular weight excluding hydrogens is 442 g/mol. The average molecular weight is 472 g/mol. The van der Waals surface area contributed by atoms with E-state index in [2.05, 4.69) is 18.9 Å². The van der Waals surface area contributed by atoms with Gasteiger partial charge in [0.05, 0.1) is 5.69 Å². The van der Waals surface area contributed by atoms with Crippen molar-refractivity contribution in [3.05, 3.63) is 46.2 Å². The lowest BCUT2D eigenvalue weighted by molar-refractivity contribution is -0.127. The highest BCUT2D eigenvalue weighted by Crippen LogP contribution is 2.32. The number of hydrogen-bond acceptors (Lipinski definition) is 5. The highest BCUT2D eigenvalue weighted by Gasteiger charge is 2.28. The summed E-state index contributed by atoms with van der Waals surface area (Å²) < 4.78 is 12.9. The molecule has 0 atom stereocenters. The second kappa shape index (κ2) is 10.00. The number of ketones is 1. The minimum Gasteiger partial charge on any atom is -0.486 e. The zero-order chi connectivity index (χ0) is 23.5. The van der Waals surface area contributed by atoms with Gasteiger partial charge in [-0.25, -0.2) is 0 Å². The number of fused-ring (bicyclic) bond motifs is 1. The van der Waals surface area contributed by atoms with Crippen LogP contribution in [0.5, 0.6) is 11.5 Å². The number of likely N-dealkylation sites (tertiary alicyclic amines) is 1. The average Bonchev–Trinajstić information content (AvgIpc) is 3.08. The molecule has 2 aliphatic heterocycles. The standard InChI is InChI=1S/C25H30ClN3O4/c1-16(2)15-29-25(26)20(17(3)27-29)5-7-23(30)28-10-8-18(9-11-28)24(31)19-4-6-21-22(14-19)33-13-12-32-21/h4-7,14,16,18H,8-13,15H2,1-3H3/b7-5+. The van der Waals surface area contributed by atoms with Crippen LogP contribution in [0.2, 0.25) is 5.15 Å². The van der Waals surface area contributed by atoms with Gasteiger partial charge in [-0.3, -0.25) is 14.3 Å². The van der Waals surface area contributed by atoms with Gasteiger partial charge in [-0.2, -0.15) is 5.10 Å². The molecule has 0 spiro atoms. The van der Waals surface area contributed by atoms with Gasteiger partial charge in [0.15, 0.2) is 17.3 Å². The number of piperidine rings is 1. The SMILES string of the molecule is Cc1nn(CC(C)C)c(Cl)c1/C=C/C(=O)N1CCC(C(=O)c2ccc3c(c2)OCCO3)CC1. The maximum absolute atomic E-state index is 13.0. The lowest BCUT2D eigenvalue weighted by Gasteiger charge is -2.30. The largest absolute Gasteiger partial charge is 0.486 e. The summed E-state index contributed by atoms with van der Waals surface area (Å²) in [5.41, 5.74) is 2.20. The summed E-state index contributed by atoms with van der Waals surface area (Å²) in [7, 11) is 0. The first-order chi connectivity index (χ1) is 15.8. The summed E-state index contributed by atoms with van der Waals surface area (Å²) in [6.07, 6.45) is 4.58. The van der Waals surface area contributed by atoms with Gasteiger partial charge >= 0.3 is 0 Å². The summed E-state index contributed by atoms with van der Waals surface area (Å²) >= 11 is 6.47. The number of Topliss-reactive ketones (excluding diaryl/α,β-unsaturated/α-hetero) is 1. The molecule has 1 saturated heterocycles. The van der Waals surface area contributed by atoms with E-state index in [4.69, 9.17) is 21.1 Å². The van der Waals surface area contributed by atoms with Crippen molar-refractivity contribution in [2.75, 3.05) is 26.3 Å². The molecule has 4 rings (SSSR count). The number of carbonyl (C=O) groups is 2. The predicted molar refractivity (Wildman–Crippen MR) is 127 cm³/mol. The third-order valence-corrected chi connectivity index (χ3v) is 6.44. The van der Waals surface area contributed by atoms with Crippen LogP contribution in [0.25, 0.3) is 6.08 Å². The summed E-state index contributed by atoms with van der Waals surface area (Å²) in [5.74, 6) is 1.63. The quantitative estimate of drug-likeness (QED) is 0.461. The van der Waals surface area contributed by atoms with Crippen LogP contribution in [0.4, 0.5) is 0 Å². The molecule has 33 heavy (non-hydrogen) atoms. The summed E-state index contributed by atoms with van der Waals surface area (Å²) in [6.45, 7) is 8.93. The zero-order valence-corrected chi connectivity index (χ0v) is 20.1. The summed E-state index contributed by atoms with van der Waals surface area (Å²) in [4.78, 5) is 27.5. The highest BCUT2D eigenvalue weighted by molar-refractivity contribution is 6.31. The number of rotatable bonds is 6. The zero-order valence-electron chi connectivity index (χ0n) is 19.3. The van der Waals surface area contributed by atoms with Crippen molar-refractivity contribution in [2.45, 2.75) is 40.2 Å². The molecule has 7 nitrogen and oxygen atoms in total. The number of ether oxygens (including phenoxy) is 2. The van der Waals surface area contributed by atoms with Crippen LogP contribution in [-0.2, 0) is 11.3 Å². The Morgan fingerprint density at radius 3 is 2.58 bits per heavy atom. The van der Waals surface area contributed by atoms with Crippen LogP contribution in [-0.4, -0.2) is 52.7 Å². The molecule has 0 unspecified atom stereocenters. The van der Waals surface area contributed by atoms with Crippen molar-refractivity contribution >= 4 is 29.4 Å². The number of nitrogens with zero attached hydrogens (tertiary/aromatic N) is 3. The van der Waals surface area contributed by atoms with Crippen LogP contribution in [0.1, 0.15) is 48.3 Å². The van der Waals surface area contributed by atoms with Crippen LogP contribution < -0.4 is 9.47 Å². The fourth-order valence-corrected chi connectivity index (χ4v) is 4.58. The van der Waals surface area contributed by atoms with Gasteiger partial charge in [-0.05, 0) is 50.0 Å². The minimum atomic E-state index is -0.105. The minimum absolute atomic E-state index is 0.0766. The lowest BCUT2D eigenvalue weighted by atomic mass is 9.88. The van der Waals surface area contributed by atoms with Crippen LogP contribution in [0, 0.1) is 18.8 Å². The summed E-state index contributed by atoms with van der Waals surface area (Å²) in [6, 6.07) is 5.35. The monoisotopic (exact) mass is 471 g/mol. The Hall–Kier alpha value is -2.80. The van der Waals surface area contributed by atoms with E-state index in [1.807, 2.05) is 6.92 Å². The van der Waals surface area contributed by atoms with E-state index in [0.717, 1.165) is 17.8 Å². The smallest absolute Gasteiger partial charge is 0.246 e. The molecule has 3 heterocycles. The van der Waals surface area contributed by atoms with Crippen molar-refractivity contribution in [3.63, 3.8) is 0 Å². The molecule has 176 valence electrons. The van der Waals surface area contributed by atoms with Crippen LogP contribution >= 0.6 is 11.6 Å². The van der Waals surface area contributed by atoms with E-state index >= 15 is 0 Å².